The van der Waals surface area contributed by atoms with Crippen LogP contribution in [0.4, 0.5) is 5.69 Å². The van der Waals surface area contributed by atoms with Crippen molar-refractivity contribution in [1.82, 2.24) is 0 Å². The van der Waals surface area contributed by atoms with Gasteiger partial charge in [-0.05, 0) is 49.1 Å². The summed E-state index contributed by atoms with van der Waals surface area (Å²) in [6.07, 6.45) is 0. The van der Waals surface area contributed by atoms with Crippen molar-refractivity contribution in [2.24, 2.45) is 5.16 Å². The standard InChI is InChI=1S/C23H30N2O5/c1-6-25(7-2)20-11-8-15(12-18(20)23(3,4)5)19(24-29)14-30-16-9-10-17(22(27)28)21(26)13-16/h8-13,26,29H,6-7,14H2,1-5H3,(H,27,28)/b24-19+. The van der Waals surface area contributed by atoms with Gasteiger partial charge in [0.15, 0.2) is 0 Å². The van der Waals surface area contributed by atoms with E-state index >= 15 is 0 Å². The molecule has 2 aromatic rings. The maximum Gasteiger partial charge on any atom is 0.339 e. The summed E-state index contributed by atoms with van der Waals surface area (Å²) in [7, 11) is 0. The van der Waals surface area contributed by atoms with Crippen LogP contribution in [0, 0.1) is 0 Å². The second kappa shape index (κ2) is 9.52. The van der Waals surface area contributed by atoms with Gasteiger partial charge in [0, 0.05) is 30.4 Å². The molecular formula is C23H30N2O5. The van der Waals surface area contributed by atoms with Gasteiger partial charge >= 0.3 is 5.97 Å². The van der Waals surface area contributed by atoms with Crippen molar-refractivity contribution in [2.75, 3.05) is 24.6 Å². The molecule has 0 saturated carbocycles. The molecule has 0 aliphatic heterocycles. The van der Waals surface area contributed by atoms with Crippen LogP contribution in [0.1, 0.15) is 56.1 Å². The Morgan fingerprint density at radius 2 is 1.77 bits per heavy atom. The number of ether oxygens (including phenoxy) is 1. The van der Waals surface area contributed by atoms with Crippen LogP contribution in [-0.2, 0) is 5.41 Å². The molecule has 2 rings (SSSR count). The van der Waals surface area contributed by atoms with Crippen molar-refractivity contribution in [2.45, 2.75) is 40.0 Å². The number of aromatic carboxylic acids is 1. The number of carboxylic acid groups (broad SMARTS) is 1. The highest BCUT2D eigenvalue weighted by Crippen LogP contribution is 2.33. The predicted octanol–water partition coefficient (Wildman–Crippen LogP) is 4.49. The van der Waals surface area contributed by atoms with Crippen LogP contribution in [0.25, 0.3) is 0 Å². The van der Waals surface area contributed by atoms with Gasteiger partial charge in [0.05, 0.1) is 0 Å². The minimum absolute atomic E-state index is 0.0451. The molecule has 0 aromatic heterocycles. The van der Waals surface area contributed by atoms with Crippen LogP contribution < -0.4 is 9.64 Å². The Balaban J connectivity index is 2.30. The molecule has 0 saturated heterocycles. The summed E-state index contributed by atoms with van der Waals surface area (Å²) in [5.41, 5.74) is 3.00. The molecular weight excluding hydrogens is 384 g/mol. The fourth-order valence-corrected chi connectivity index (χ4v) is 3.26. The average molecular weight is 415 g/mol. The zero-order valence-corrected chi connectivity index (χ0v) is 18.1. The number of hydrogen-bond donors (Lipinski definition) is 3. The molecule has 0 aliphatic carbocycles. The zero-order chi connectivity index (χ0) is 22.5. The molecule has 0 amide bonds. The highest BCUT2D eigenvalue weighted by atomic mass is 16.5. The maximum absolute atomic E-state index is 11.0. The van der Waals surface area contributed by atoms with Crippen LogP contribution in [-0.4, -0.2) is 46.8 Å². The Morgan fingerprint density at radius 1 is 1.10 bits per heavy atom. The molecule has 162 valence electrons. The van der Waals surface area contributed by atoms with Gasteiger partial charge in [0.25, 0.3) is 0 Å². The van der Waals surface area contributed by atoms with Gasteiger partial charge < -0.3 is 25.1 Å². The Hall–Kier alpha value is -3.22. The van der Waals surface area contributed by atoms with Crippen molar-refractivity contribution in [3.05, 3.63) is 53.1 Å². The first-order valence-corrected chi connectivity index (χ1v) is 9.92. The topological polar surface area (TPSA) is 103 Å². The van der Waals surface area contributed by atoms with Gasteiger partial charge in [0.2, 0.25) is 0 Å². The second-order valence-corrected chi connectivity index (χ2v) is 7.97. The smallest absolute Gasteiger partial charge is 0.339 e. The normalized spacial score (nSPS) is 12.0. The first-order valence-electron chi connectivity index (χ1n) is 9.92. The molecule has 0 aliphatic rings. The first-order chi connectivity index (χ1) is 14.1. The summed E-state index contributed by atoms with van der Waals surface area (Å²) < 4.78 is 5.62. The van der Waals surface area contributed by atoms with Crippen molar-refractivity contribution < 1.29 is 25.0 Å². The van der Waals surface area contributed by atoms with Gasteiger partial charge in [-0.3, -0.25) is 0 Å². The molecule has 3 N–H and O–H groups in total. The number of anilines is 1. The highest BCUT2D eigenvalue weighted by Gasteiger charge is 2.22. The third-order valence-corrected chi connectivity index (χ3v) is 4.94. The van der Waals surface area contributed by atoms with E-state index in [2.05, 4.69) is 44.7 Å². The van der Waals surface area contributed by atoms with Gasteiger partial charge in [-0.15, -0.1) is 0 Å². The molecule has 0 fully saturated rings. The molecule has 30 heavy (non-hydrogen) atoms. The molecule has 2 aromatic carbocycles. The molecule has 0 radical (unpaired) electrons. The summed E-state index contributed by atoms with van der Waals surface area (Å²) in [4.78, 5) is 13.3. The minimum atomic E-state index is -1.22. The van der Waals surface area contributed by atoms with Crippen molar-refractivity contribution >= 4 is 17.4 Å². The molecule has 0 atom stereocenters. The summed E-state index contributed by atoms with van der Waals surface area (Å²) in [6.45, 7) is 12.4. The molecule has 0 spiro atoms. The summed E-state index contributed by atoms with van der Waals surface area (Å²) in [6, 6.07) is 9.87. The Labute approximate surface area is 177 Å². The number of carbonyl (C=O) groups is 1. The first kappa shape index (κ1) is 23.1. The number of benzene rings is 2. The van der Waals surface area contributed by atoms with E-state index in [1.54, 1.807) is 0 Å². The zero-order valence-electron chi connectivity index (χ0n) is 18.1. The number of phenols is 1. The summed E-state index contributed by atoms with van der Waals surface area (Å²) >= 11 is 0. The molecule has 7 nitrogen and oxygen atoms in total. The van der Waals surface area contributed by atoms with Crippen molar-refractivity contribution in [3.63, 3.8) is 0 Å². The Bertz CT molecular complexity index is 928. The van der Waals surface area contributed by atoms with E-state index in [-0.39, 0.29) is 29.1 Å². The van der Waals surface area contributed by atoms with E-state index in [0.717, 1.165) is 29.9 Å². The number of carboxylic acids is 1. The van der Waals surface area contributed by atoms with Crippen LogP contribution in [0.5, 0.6) is 11.5 Å². The summed E-state index contributed by atoms with van der Waals surface area (Å²) in [5.74, 6) is -1.34. The third kappa shape index (κ3) is 5.23. The van der Waals surface area contributed by atoms with Crippen molar-refractivity contribution in [1.29, 1.82) is 0 Å². The Kier molecular flexibility index (Phi) is 7.32. The highest BCUT2D eigenvalue weighted by molar-refractivity contribution is 6.02. The number of nitrogens with zero attached hydrogens (tertiary/aromatic N) is 2. The fraction of sp³-hybridized carbons (Fsp3) is 0.391. The summed E-state index contributed by atoms with van der Waals surface area (Å²) in [5, 5.41) is 31.8. The monoisotopic (exact) mass is 414 g/mol. The number of aromatic hydroxyl groups is 1. The minimum Gasteiger partial charge on any atom is -0.507 e. The van der Waals surface area contributed by atoms with Gasteiger partial charge in [-0.25, -0.2) is 4.79 Å². The predicted molar refractivity (Wildman–Crippen MR) is 118 cm³/mol. The van der Waals surface area contributed by atoms with E-state index in [0.29, 0.717) is 5.71 Å². The van der Waals surface area contributed by atoms with Crippen LogP contribution in [0.3, 0.4) is 0 Å². The lowest BCUT2D eigenvalue weighted by molar-refractivity contribution is 0.0693. The van der Waals surface area contributed by atoms with Gasteiger partial charge in [-0.2, -0.15) is 0 Å². The quantitative estimate of drug-likeness (QED) is 0.334. The average Bonchev–Trinajstić information content (AvgIpc) is 2.69. The molecule has 0 bridgehead atoms. The lowest BCUT2D eigenvalue weighted by atomic mass is 9.84. The van der Waals surface area contributed by atoms with Crippen LogP contribution in [0.2, 0.25) is 0 Å². The Morgan fingerprint density at radius 3 is 2.27 bits per heavy atom. The lowest BCUT2D eigenvalue weighted by Crippen LogP contribution is -2.27. The lowest BCUT2D eigenvalue weighted by Gasteiger charge is -2.30. The van der Waals surface area contributed by atoms with Gasteiger partial charge in [0.1, 0.15) is 29.4 Å². The maximum atomic E-state index is 11.0. The van der Waals surface area contributed by atoms with Crippen LogP contribution >= 0.6 is 0 Å². The second-order valence-electron chi connectivity index (χ2n) is 7.97. The largest absolute Gasteiger partial charge is 0.507 e. The molecule has 0 unspecified atom stereocenters. The van der Waals surface area contributed by atoms with E-state index < -0.39 is 5.97 Å². The van der Waals surface area contributed by atoms with E-state index in [9.17, 15) is 15.1 Å². The third-order valence-electron chi connectivity index (χ3n) is 4.94. The number of rotatable bonds is 8. The SMILES string of the molecule is CCN(CC)c1ccc(/C(COc2ccc(C(=O)O)c(O)c2)=N/O)cc1C(C)(C)C. The molecule has 7 heteroatoms. The van der Waals surface area contributed by atoms with Crippen LogP contribution in [0.15, 0.2) is 41.6 Å². The van der Waals surface area contributed by atoms with Crippen molar-refractivity contribution in [3.8, 4) is 11.5 Å². The van der Waals surface area contributed by atoms with E-state index in [4.69, 9.17) is 9.84 Å². The number of hydrogen-bond acceptors (Lipinski definition) is 6. The van der Waals surface area contributed by atoms with E-state index in [1.165, 1.54) is 18.2 Å². The molecule has 0 heterocycles. The van der Waals surface area contributed by atoms with Gasteiger partial charge in [-0.1, -0.05) is 32.0 Å². The van der Waals surface area contributed by atoms with E-state index in [1.807, 2.05) is 18.2 Å². The fourth-order valence-electron chi connectivity index (χ4n) is 3.26. The number of oxime groups is 1.